The maximum atomic E-state index is 13.8. The average Bonchev–Trinajstić information content (AvgIpc) is 3.36. The predicted octanol–water partition coefficient (Wildman–Crippen LogP) is 3.73. The van der Waals surface area contributed by atoms with Crippen LogP contribution in [-0.4, -0.2) is 59.8 Å². The first-order valence-corrected chi connectivity index (χ1v) is 13.8. The van der Waals surface area contributed by atoms with Gasteiger partial charge in [-0.25, -0.2) is 17.2 Å². The minimum absolute atomic E-state index is 0.168. The lowest BCUT2D eigenvalue weighted by Gasteiger charge is -2.30. The third-order valence-electron chi connectivity index (χ3n) is 6.39. The number of hydrogen-bond acceptors (Lipinski definition) is 5. The summed E-state index contributed by atoms with van der Waals surface area (Å²) in [6.07, 6.45) is -2.32. The summed E-state index contributed by atoms with van der Waals surface area (Å²) in [6, 6.07) is 12.8. The van der Waals surface area contributed by atoms with E-state index in [4.69, 9.17) is 11.6 Å². The van der Waals surface area contributed by atoms with Crippen LogP contribution in [0.1, 0.15) is 33.9 Å². The van der Waals surface area contributed by atoms with E-state index in [2.05, 4.69) is 5.32 Å². The normalized spacial score (nSPS) is 16.5. The molecule has 2 amide bonds. The Morgan fingerprint density at radius 2 is 1.68 bits per heavy atom. The Kier molecular flexibility index (Phi) is 8.52. The molecule has 0 saturated carbocycles. The first-order chi connectivity index (χ1) is 18.9. The van der Waals surface area contributed by atoms with Crippen molar-refractivity contribution in [3.63, 3.8) is 0 Å². The molecule has 3 aromatic carbocycles. The predicted molar refractivity (Wildman–Crippen MR) is 141 cm³/mol. The molecule has 3 aromatic rings. The maximum absolute atomic E-state index is 13.8. The summed E-state index contributed by atoms with van der Waals surface area (Å²) in [7, 11) is -4.50. The SMILES string of the molecule is Cc1ccc(C(=O)N2CCN(S(=O)(=O)c3ccc(F)c(Cl)c3)C2C(=O)NC(CC(=O)O)c2ccc(F)cc2)cc1. The summed E-state index contributed by atoms with van der Waals surface area (Å²) >= 11 is 5.81. The van der Waals surface area contributed by atoms with E-state index in [0.717, 1.165) is 45.1 Å². The number of carboxylic acid groups (broad SMARTS) is 1. The number of nitrogens with one attached hydrogen (secondary N) is 1. The standard InChI is InChI=1S/C27H24ClF2N3O6S/c1-16-2-4-18(5-3-16)27(37)32-12-13-33(40(38,39)20-10-11-22(30)21(28)14-20)26(32)25(36)31-23(15-24(34)35)17-6-8-19(29)9-7-17/h2-11,14,23,26H,12-13,15H2,1H3,(H,31,36)(H,34,35). The molecule has 40 heavy (non-hydrogen) atoms. The summed E-state index contributed by atoms with van der Waals surface area (Å²) in [6.45, 7) is 1.37. The number of aryl methyl sites for hydroxylation is 1. The number of hydrogen-bond donors (Lipinski definition) is 2. The van der Waals surface area contributed by atoms with Gasteiger partial charge in [0.25, 0.3) is 11.8 Å². The number of sulfonamides is 1. The number of carbonyl (C=O) groups is 3. The third-order valence-corrected chi connectivity index (χ3v) is 8.53. The number of aliphatic carboxylic acids is 1. The van der Waals surface area contributed by atoms with Crippen molar-refractivity contribution in [2.24, 2.45) is 0 Å². The maximum Gasteiger partial charge on any atom is 0.305 e. The van der Waals surface area contributed by atoms with Gasteiger partial charge in [-0.05, 0) is 55.0 Å². The van der Waals surface area contributed by atoms with E-state index in [1.54, 1.807) is 12.1 Å². The molecule has 1 heterocycles. The van der Waals surface area contributed by atoms with Gasteiger partial charge in [-0.2, -0.15) is 4.31 Å². The van der Waals surface area contributed by atoms with Crippen molar-refractivity contribution < 1.29 is 36.7 Å². The molecule has 0 bridgehead atoms. The smallest absolute Gasteiger partial charge is 0.305 e. The van der Waals surface area contributed by atoms with E-state index in [-0.39, 0.29) is 24.2 Å². The lowest BCUT2D eigenvalue weighted by atomic mass is 10.0. The minimum Gasteiger partial charge on any atom is -0.481 e. The van der Waals surface area contributed by atoms with Crippen LogP contribution in [0.5, 0.6) is 0 Å². The van der Waals surface area contributed by atoms with Gasteiger partial charge >= 0.3 is 5.97 Å². The molecule has 4 rings (SSSR count). The highest BCUT2D eigenvalue weighted by Crippen LogP contribution is 2.29. The van der Waals surface area contributed by atoms with Gasteiger partial charge in [0, 0.05) is 18.7 Å². The van der Waals surface area contributed by atoms with Crippen LogP contribution in [0.25, 0.3) is 0 Å². The second-order valence-electron chi connectivity index (χ2n) is 9.14. The van der Waals surface area contributed by atoms with Crippen molar-refractivity contribution in [1.82, 2.24) is 14.5 Å². The Morgan fingerprint density at radius 3 is 2.27 bits per heavy atom. The van der Waals surface area contributed by atoms with Crippen molar-refractivity contribution in [1.29, 1.82) is 0 Å². The highest BCUT2D eigenvalue weighted by atomic mass is 35.5. The first-order valence-electron chi connectivity index (χ1n) is 12.0. The molecule has 2 atom stereocenters. The fourth-order valence-electron chi connectivity index (χ4n) is 4.35. The zero-order chi connectivity index (χ0) is 29.2. The van der Waals surface area contributed by atoms with E-state index in [1.807, 2.05) is 6.92 Å². The molecule has 0 radical (unpaired) electrons. The molecule has 13 heteroatoms. The quantitative estimate of drug-likeness (QED) is 0.411. The average molecular weight is 592 g/mol. The van der Waals surface area contributed by atoms with Gasteiger partial charge in [0.15, 0.2) is 6.17 Å². The Hall–Kier alpha value is -3.87. The van der Waals surface area contributed by atoms with Crippen LogP contribution >= 0.6 is 11.6 Å². The summed E-state index contributed by atoms with van der Waals surface area (Å²) in [5.41, 5.74) is 1.33. The summed E-state index contributed by atoms with van der Waals surface area (Å²) in [5, 5.41) is 11.5. The van der Waals surface area contributed by atoms with Gasteiger partial charge in [-0.15, -0.1) is 0 Å². The van der Waals surface area contributed by atoms with Crippen LogP contribution in [-0.2, 0) is 19.6 Å². The van der Waals surface area contributed by atoms with Crippen molar-refractivity contribution >= 4 is 39.4 Å². The summed E-state index contributed by atoms with van der Waals surface area (Å²) < 4.78 is 55.3. The van der Waals surface area contributed by atoms with E-state index in [0.29, 0.717) is 0 Å². The van der Waals surface area contributed by atoms with Crippen LogP contribution in [0.4, 0.5) is 8.78 Å². The molecule has 0 aromatic heterocycles. The van der Waals surface area contributed by atoms with Gasteiger partial charge in [0.2, 0.25) is 10.0 Å². The lowest BCUT2D eigenvalue weighted by Crippen LogP contribution is -2.54. The Balaban J connectivity index is 1.74. The highest BCUT2D eigenvalue weighted by molar-refractivity contribution is 7.89. The minimum atomic E-state index is -4.50. The number of amides is 2. The first kappa shape index (κ1) is 29.1. The van der Waals surface area contributed by atoms with Crippen LogP contribution in [0.15, 0.2) is 71.6 Å². The number of carbonyl (C=O) groups excluding carboxylic acids is 2. The van der Waals surface area contributed by atoms with E-state index in [9.17, 15) is 36.7 Å². The molecule has 0 spiro atoms. The molecule has 2 N–H and O–H groups in total. The molecule has 1 aliphatic heterocycles. The van der Waals surface area contributed by atoms with Gasteiger partial charge in [0.05, 0.1) is 22.4 Å². The number of nitrogens with zero attached hydrogens (tertiary/aromatic N) is 2. The van der Waals surface area contributed by atoms with E-state index < -0.39 is 68.0 Å². The Bertz CT molecular complexity index is 1550. The van der Waals surface area contributed by atoms with Crippen molar-refractivity contribution in [3.8, 4) is 0 Å². The molecule has 2 unspecified atom stereocenters. The summed E-state index contributed by atoms with van der Waals surface area (Å²) in [5.74, 6) is -4.32. The third kappa shape index (κ3) is 6.14. The number of carboxylic acids is 1. The Labute approximate surface area is 234 Å². The van der Waals surface area contributed by atoms with Crippen LogP contribution in [0.2, 0.25) is 5.02 Å². The molecule has 210 valence electrons. The monoisotopic (exact) mass is 591 g/mol. The van der Waals surface area contributed by atoms with Gasteiger partial charge < -0.3 is 15.3 Å². The number of benzene rings is 3. The zero-order valence-corrected chi connectivity index (χ0v) is 22.6. The number of rotatable bonds is 8. The molecule has 1 saturated heterocycles. The molecule has 1 aliphatic rings. The van der Waals surface area contributed by atoms with Crippen molar-refractivity contribution in [2.45, 2.75) is 30.4 Å². The highest BCUT2D eigenvalue weighted by Gasteiger charge is 2.47. The van der Waals surface area contributed by atoms with Crippen LogP contribution < -0.4 is 5.32 Å². The van der Waals surface area contributed by atoms with E-state index >= 15 is 0 Å². The van der Waals surface area contributed by atoms with Gasteiger partial charge in [-0.3, -0.25) is 14.4 Å². The fraction of sp³-hybridized carbons (Fsp3) is 0.222. The summed E-state index contributed by atoms with van der Waals surface area (Å²) in [4.78, 5) is 39.4. The van der Waals surface area contributed by atoms with Crippen LogP contribution in [0.3, 0.4) is 0 Å². The lowest BCUT2D eigenvalue weighted by molar-refractivity contribution is -0.138. The van der Waals surface area contributed by atoms with Gasteiger partial charge in [0.1, 0.15) is 11.6 Å². The van der Waals surface area contributed by atoms with Crippen LogP contribution in [0, 0.1) is 18.6 Å². The van der Waals surface area contributed by atoms with Crippen molar-refractivity contribution in [3.05, 3.63) is 100 Å². The fourth-order valence-corrected chi connectivity index (χ4v) is 6.16. The zero-order valence-electron chi connectivity index (χ0n) is 21.1. The molecule has 9 nitrogen and oxygen atoms in total. The number of halogens is 3. The second kappa shape index (κ2) is 11.7. The second-order valence-corrected chi connectivity index (χ2v) is 11.4. The molecular weight excluding hydrogens is 568 g/mol. The topological polar surface area (TPSA) is 124 Å². The molecular formula is C27H24ClF2N3O6S. The van der Waals surface area contributed by atoms with E-state index in [1.165, 1.54) is 24.3 Å². The molecule has 1 fully saturated rings. The van der Waals surface area contributed by atoms with Crippen molar-refractivity contribution in [2.75, 3.05) is 13.1 Å². The largest absolute Gasteiger partial charge is 0.481 e. The van der Waals surface area contributed by atoms with Gasteiger partial charge in [-0.1, -0.05) is 41.4 Å². The Morgan fingerprint density at radius 1 is 1.02 bits per heavy atom. The molecule has 0 aliphatic carbocycles.